The fourth-order valence-electron chi connectivity index (χ4n) is 4.55. The summed E-state index contributed by atoms with van der Waals surface area (Å²) in [5.74, 6) is 0. The minimum atomic E-state index is 0.376. The molecule has 2 atom stereocenters. The Hall–Kier alpha value is -0.780. The van der Waals surface area contributed by atoms with Crippen molar-refractivity contribution in [3.05, 3.63) is 33.4 Å². The van der Waals surface area contributed by atoms with Crippen LogP contribution < -0.4 is 0 Å². The van der Waals surface area contributed by atoms with Gasteiger partial charge in [-0.2, -0.15) is 0 Å². The Morgan fingerprint density at radius 2 is 0.955 bits per heavy atom. The first-order valence-electron chi connectivity index (χ1n) is 9.08. The first kappa shape index (κ1) is 17.6. The molecule has 0 aromatic rings. The highest BCUT2D eigenvalue weighted by atomic mass is 14.4. The summed E-state index contributed by atoms with van der Waals surface area (Å²) in [6, 6.07) is 0. The Morgan fingerprint density at radius 1 is 0.636 bits per heavy atom. The molecule has 0 aromatic carbocycles. The first-order chi connectivity index (χ1) is 10.1. The van der Waals surface area contributed by atoms with Gasteiger partial charge in [-0.25, -0.2) is 0 Å². The highest BCUT2D eigenvalue weighted by Gasteiger charge is 2.37. The van der Waals surface area contributed by atoms with Gasteiger partial charge in [0.1, 0.15) is 0 Å². The van der Waals surface area contributed by atoms with E-state index < -0.39 is 0 Å². The highest BCUT2D eigenvalue weighted by Crippen LogP contribution is 2.51. The lowest BCUT2D eigenvalue weighted by molar-refractivity contribution is 0.300. The van der Waals surface area contributed by atoms with E-state index in [1.165, 1.54) is 38.5 Å². The summed E-state index contributed by atoms with van der Waals surface area (Å²) in [5.41, 5.74) is 10.6. The maximum Gasteiger partial charge on any atom is -0.00762 e. The van der Waals surface area contributed by atoms with Gasteiger partial charge in [-0.3, -0.25) is 0 Å². The molecule has 0 saturated heterocycles. The minimum Gasteiger partial charge on any atom is -0.0743 e. The van der Waals surface area contributed by atoms with Crippen LogP contribution in [-0.2, 0) is 0 Å². The third kappa shape index (κ3) is 3.12. The molecule has 2 aliphatic carbocycles. The Bertz CT molecular complexity index is 505. The molecule has 0 N–H and O–H groups in total. The SMILES string of the molecule is CC1=C(C)CC(C)(/C(C)=C(\C)C2(C)CCC(C)=C(C)C2)CC1. The highest BCUT2D eigenvalue weighted by molar-refractivity contribution is 5.32. The topological polar surface area (TPSA) is 0 Å². The van der Waals surface area contributed by atoms with Crippen LogP contribution in [0.15, 0.2) is 33.4 Å². The average molecular weight is 301 g/mol. The molecule has 0 bridgehead atoms. The molecule has 0 spiro atoms. The van der Waals surface area contributed by atoms with E-state index in [1.807, 2.05) is 0 Å². The van der Waals surface area contributed by atoms with Crippen molar-refractivity contribution in [3.63, 3.8) is 0 Å². The number of allylic oxidation sites excluding steroid dienone is 6. The summed E-state index contributed by atoms with van der Waals surface area (Å²) in [6.07, 6.45) is 7.72. The molecule has 124 valence electrons. The molecule has 2 unspecified atom stereocenters. The fraction of sp³-hybridized carbons (Fsp3) is 0.727. The average Bonchev–Trinajstić information content (AvgIpc) is 2.46. The summed E-state index contributed by atoms with van der Waals surface area (Å²) in [4.78, 5) is 0. The smallest absolute Gasteiger partial charge is 0.00762 e. The zero-order valence-corrected chi connectivity index (χ0v) is 16.2. The van der Waals surface area contributed by atoms with Gasteiger partial charge >= 0.3 is 0 Å². The van der Waals surface area contributed by atoms with Crippen LogP contribution in [0.4, 0.5) is 0 Å². The summed E-state index contributed by atoms with van der Waals surface area (Å²) in [5, 5.41) is 0. The zero-order chi connectivity index (χ0) is 16.7. The van der Waals surface area contributed by atoms with Gasteiger partial charge in [-0.15, -0.1) is 0 Å². The van der Waals surface area contributed by atoms with Gasteiger partial charge in [0.2, 0.25) is 0 Å². The van der Waals surface area contributed by atoms with E-state index in [0.29, 0.717) is 10.8 Å². The van der Waals surface area contributed by atoms with Crippen LogP contribution in [-0.4, -0.2) is 0 Å². The lowest BCUT2D eigenvalue weighted by atomic mass is 9.62. The van der Waals surface area contributed by atoms with E-state index in [4.69, 9.17) is 0 Å². The van der Waals surface area contributed by atoms with Crippen LogP contribution in [0.2, 0.25) is 0 Å². The van der Waals surface area contributed by atoms with Gasteiger partial charge < -0.3 is 0 Å². The van der Waals surface area contributed by atoms with Crippen LogP contribution in [0.1, 0.15) is 93.9 Å². The molecule has 0 heteroatoms. The molecule has 0 aromatic heterocycles. The van der Waals surface area contributed by atoms with Gasteiger partial charge in [0.05, 0.1) is 0 Å². The summed E-state index contributed by atoms with van der Waals surface area (Å²) in [6.45, 7) is 19.2. The molecule has 2 rings (SSSR count). The van der Waals surface area contributed by atoms with Gasteiger partial charge in [0.25, 0.3) is 0 Å². The molecule has 0 saturated carbocycles. The molecule has 22 heavy (non-hydrogen) atoms. The molecular formula is C22H36. The molecule has 0 radical (unpaired) electrons. The number of hydrogen-bond acceptors (Lipinski definition) is 0. The molecule has 0 amide bonds. The molecule has 0 aliphatic heterocycles. The predicted octanol–water partition coefficient (Wildman–Crippen LogP) is 7.38. The summed E-state index contributed by atoms with van der Waals surface area (Å²) < 4.78 is 0. The van der Waals surface area contributed by atoms with Crippen molar-refractivity contribution in [1.29, 1.82) is 0 Å². The first-order valence-corrected chi connectivity index (χ1v) is 9.08. The maximum absolute atomic E-state index is 2.50. The Morgan fingerprint density at radius 3 is 1.23 bits per heavy atom. The van der Waals surface area contributed by atoms with Crippen molar-refractivity contribution in [2.24, 2.45) is 10.8 Å². The Labute approximate surface area is 138 Å². The summed E-state index contributed by atoms with van der Waals surface area (Å²) >= 11 is 0. The molecular weight excluding hydrogens is 264 g/mol. The quantitative estimate of drug-likeness (QED) is 0.467. The van der Waals surface area contributed by atoms with Crippen molar-refractivity contribution < 1.29 is 0 Å². The van der Waals surface area contributed by atoms with Crippen molar-refractivity contribution in [3.8, 4) is 0 Å². The van der Waals surface area contributed by atoms with Gasteiger partial charge in [-0.05, 0) is 90.9 Å². The third-order valence-corrected chi connectivity index (χ3v) is 7.24. The Kier molecular flexibility index (Phi) is 4.81. The van der Waals surface area contributed by atoms with Crippen LogP contribution in [0, 0.1) is 10.8 Å². The van der Waals surface area contributed by atoms with E-state index in [1.54, 1.807) is 33.4 Å². The minimum absolute atomic E-state index is 0.376. The summed E-state index contributed by atoms with van der Waals surface area (Å²) in [7, 11) is 0. The molecule has 0 nitrogen and oxygen atoms in total. The second-order valence-corrected chi connectivity index (χ2v) is 8.85. The lowest BCUT2D eigenvalue weighted by Crippen LogP contribution is -2.29. The maximum atomic E-state index is 2.50. The molecule has 0 heterocycles. The molecule has 2 aliphatic rings. The number of hydrogen-bond donors (Lipinski definition) is 0. The van der Waals surface area contributed by atoms with Gasteiger partial charge in [-0.1, -0.05) is 47.3 Å². The fourth-order valence-corrected chi connectivity index (χ4v) is 4.55. The number of rotatable bonds is 2. The standard InChI is InChI=1S/C22H36/c1-15-9-11-21(7,13-17(15)3)19(5)20(6)22(8)12-10-16(2)18(4)14-22/h9-14H2,1-8H3/b20-19+. The zero-order valence-electron chi connectivity index (χ0n) is 16.2. The van der Waals surface area contributed by atoms with Crippen LogP contribution in [0.25, 0.3) is 0 Å². The van der Waals surface area contributed by atoms with E-state index in [-0.39, 0.29) is 0 Å². The normalized spacial score (nSPS) is 34.9. The monoisotopic (exact) mass is 300 g/mol. The molecule has 0 fully saturated rings. The van der Waals surface area contributed by atoms with Crippen LogP contribution >= 0.6 is 0 Å². The van der Waals surface area contributed by atoms with Gasteiger partial charge in [0.15, 0.2) is 0 Å². The van der Waals surface area contributed by atoms with Gasteiger partial charge in [0, 0.05) is 0 Å². The van der Waals surface area contributed by atoms with Crippen LogP contribution in [0.5, 0.6) is 0 Å². The van der Waals surface area contributed by atoms with E-state index in [0.717, 1.165) is 0 Å². The largest absolute Gasteiger partial charge is 0.0743 e. The van der Waals surface area contributed by atoms with Crippen molar-refractivity contribution in [2.45, 2.75) is 93.9 Å². The van der Waals surface area contributed by atoms with E-state index in [2.05, 4.69) is 55.4 Å². The van der Waals surface area contributed by atoms with Crippen molar-refractivity contribution in [1.82, 2.24) is 0 Å². The van der Waals surface area contributed by atoms with E-state index in [9.17, 15) is 0 Å². The lowest BCUT2D eigenvalue weighted by Gasteiger charge is -2.43. The second-order valence-electron chi connectivity index (χ2n) is 8.85. The van der Waals surface area contributed by atoms with Crippen molar-refractivity contribution >= 4 is 0 Å². The predicted molar refractivity (Wildman–Crippen MR) is 99.0 cm³/mol. The Balaban J connectivity index is 2.34. The second kappa shape index (κ2) is 6.02. The van der Waals surface area contributed by atoms with Crippen molar-refractivity contribution in [2.75, 3.05) is 0 Å². The van der Waals surface area contributed by atoms with E-state index >= 15 is 0 Å². The van der Waals surface area contributed by atoms with Crippen LogP contribution in [0.3, 0.4) is 0 Å². The third-order valence-electron chi connectivity index (χ3n) is 7.24.